The van der Waals surface area contributed by atoms with Crippen molar-refractivity contribution in [3.05, 3.63) is 83.0 Å². The van der Waals surface area contributed by atoms with Crippen LogP contribution in [0.25, 0.3) is 10.9 Å². The Morgan fingerprint density at radius 2 is 1.64 bits per heavy atom. The van der Waals surface area contributed by atoms with Crippen LogP contribution in [0.4, 0.5) is 18.9 Å². The zero-order valence-electron chi connectivity index (χ0n) is 19.2. The number of hydrogen-bond acceptors (Lipinski definition) is 5. The molecule has 0 aliphatic carbocycles. The molecule has 0 radical (unpaired) electrons. The van der Waals surface area contributed by atoms with Crippen LogP contribution in [0.5, 0.6) is 23.0 Å². The number of ether oxygens (including phenoxy) is 3. The van der Waals surface area contributed by atoms with Gasteiger partial charge in [0.25, 0.3) is 0 Å². The van der Waals surface area contributed by atoms with Gasteiger partial charge in [-0.3, -0.25) is 9.78 Å². The van der Waals surface area contributed by atoms with Crippen LogP contribution in [0, 0.1) is 0 Å². The Hall–Kier alpha value is -3.98. The van der Waals surface area contributed by atoms with Crippen molar-refractivity contribution in [2.24, 2.45) is 0 Å². The first-order chi connectivity index (χ1) is 17.2. The van der Waals surface area contributed by atoms with Gasteiger partial charge in [-0.05, 0) is 42.0 Å². The Balaban J connectivity index is 1.48. The molecule has 10 heteroatoms. The fourth-order valence-corrected chi connectivity index (χ4v) is 3.73. The van der Waals surface area contributed by atoms with Gasteiger partial charge in [-0.25, -0.2) is 0 Å². The van der Waals surface area contributed by atoms with E-state index in [1.807, 2.05) is 0 Å². The summed E-state index contributed by atoms with van der Waals surface area (Å²) in [5.74, 6) is 1.56. The van der Waals surface area contributed by atoms with Crippen molar-refractivity contribution in [2.45, 2.75) is 12.6 Å². The molecule has 3 aromatic carbocycles. The van der Waals surface area contributed by atoms with E-state index in [4.69, 9.17) is 25.8 Å². The summed E-state index contributed by atoms with van der Waals surface area (Å²) in [6.07, 6.45) is -2.94. The molecule has 1 N–H and O–H groups in total. The number of amides is 1. The molecule has 0 bridgehead atoms. The van der Waals surface area contributed by atoms with Gasteiger partial charge in [-0.15, -0.1) is 0 Å². The van der Waals surface area contributed by atoms with Crippen LogP contribution in [0.15, 0.2) is 66.9 Å². The largest absolute Gasteiger partial charge is 0.493 e. The van der Waals surface area contributed by atoms with Gasteiger partial charge in [-0.1, -0.05) is 23.7 Å². The maximum Gasteiger partial charge on any atom is 0.416 e. The van der Waals surface area contributed by atoms with Crippen molar-refractivity contribution < 1.29 is 32.2 Å². The molecular formula is C26H20ClF3N2O4. The predicted octanol–water partition coefficient (Wildman–Crippen LogP) is 6.90. The number of pyridine rings is 1. The molecule has 0 saturated heterocycles. The van der Waals surface area contributed by atoms with Crippen LogP contribution in [0.3, 0.4) is 0 Å². The van der Waals surface area contributed by atoms with Crippen LogP contribution in [0.2, 0.25) is 5.02 Å². The lowest BCUT2D eigenvalue weighted by Gasteiger charge is -2.13. The number of carbonyl (C=O) groups excluding carboxylic acids is 1. The molecule has 186 valence electrons. The molecule has 0 atom stereocenters. The lowest BCUT2D eigenvalue weighted by atomic mass is 10.1. The van der Waals surface area contributed by atoms with Gasteiger partial charge in [-0.2, -0.15) is 13.2 Å². The van der Waals surface area contributed by atoms with Crippen molar-refractivity contribution in [2.75, 3.05) is 19.5 Å². The second-order valence-electron chi connectivity index (χ2n) is 7.70. The number of alkyl halides is 3. The highest BCUT2D eigenvalue weighted by Gasteiger charge is 2.30. The predicted molar refractivity (Wildman–Crippen MR) is 130 cm³/mol. The molecule has 1 amide bonds. The normalized spacial score (nSPS) is 11.3. The Bertz CT molecular complexity index is 1410. The first kappa shape index (κ1) is 25.1. The standard InChI is InChI=1S/C26H20ClF3N2O4/c1-34-23-13-18-21(14-24(23)35-2)31-10-9-22(18)36-17-7-8-20(19(27)12-17)32-25(33)11-15-3-5-16(6-4-15)26(28,29)30/h3-10,12-14H,11H2,1-2H3,(H,32,33). The van der Waals surface area contributed by atoms with E-state index in [0.29, 0.717) is 45.2 Å². The number of carbonyl (C=O) groups is 1. The Morgan fingerprint density at radius 1 is 0.944 bits per heavy atom. The van der Waals surface area contributed by atoms with Crippen molar-refractivity contribution >= 4 is 34.1 Å². The zero-order valence-corrected chi connectivity index (χ0v) is 19.9. The molecule has 0 fully saturated rings. The SMILES string of the molecule is COc1cc2nccc(Oc3ccc(NC(=O)Cc4ccc(C(F)(F)F)cc4)c(Cl)c3)c2cc1OC. The van der Waals surface area contributed by atoms with E-state index in [9.17, 15) is 18.0 Å². The minimum atomic E-state index is -4.43. The second kappa shape index (κ2) is 10.3. The summed E-state index contributed by atoms with van der Waals surface area (Å²) < 4.78 is 54.8. The fraction of sp³-hybridized carbons (Fsp3) is 0.154. The molecule has 0 spiro atoms. The number of nitrogens with zero attached hydrogens (tertiary/aromatic N) is 1. The van der Waals surface area contributed by atoms with E-state index in [-0.39, 0.29) is 11.4 Å². The van der Waals surface area contributed by atoms with Crippen molar-refractivity contribution in [1.29, 1.82) is 0 Å². The number of aromatic nitrogens is 1. The Labute approximate surface area is 209 Å². The second-order valence-corrected chi connectivity index (χ2v) is 8.10. The number of hydrogen-bond donors (Lipinski definition) is 1. The van der Waals surface area contributed by atoms with Gasteiger partial charge in [0.15, 0.2) is 11.5 Å². The number of rotatable bonds is 7. The Kier molecular flexibility index (Phi) is 7.21. The number of anilines is 1. The van der Waals surface area contributed by atoms with E-state index in [1.165, 1.54) is 26.4 Å². The summed E-state index contributed by atoms with van der Waals surface area (Å²) in [5, 5.41) is 3.59. The van der Waals surface area contributed by atoms with E-state index in [1.54, 1.807) is 42.6 Å². The highest BCUT2D eigenvalue weighted by atomic mass is 35.5. The van der Waals surface area contributed by atoms with Gasteiger partial charge in [0.2, 0.25) is 5.91 Å². The van der Waals surface area contributed by atoms with Crippen LogP contribution < -0.4 is 19.5 Å². The highest BCUT2D eigenvalue weighted by molar-refractivity contribution is 6.33. The summed E-state index contributed by atoms with van der Waals surface area (Å²) in [6, 6.07) is 14.4. The van der Waals surface area contributed by atoms with Crippen LogP contribution in [-0.4, -0.2) is 25.1 Å². The molecule has 4 rings (SSSR count). The van der Waals surface area contributed by atoms with Crippen molar-refractivity contribution in [3.63, 3.8) is 0 Å². The number of benzene rings is 3. The quantitative estimate of drug-likeness (QED) is 0.289. The molecule has 36 heavy (non-hydrogen) atoms. The molecule has 0 unspecified atom stereocenters. The first-order valence-corrected chi connectivity index (χ1v) is 11.0. The third kappa shape index (κ3) is 5.63. The maximum absolute atomic E-state index is 12.7. The number of halogens is 4. The van der Waals surface area contributed by atoms with Gasteiger partial charge in [0.1, 0.15) is 11.5 Å². The summed E-state index contributed by atoms with van der Waals surface area (Å²) in [7, 11) is 3.07. The lowest BCUT2D eigenvalue weighted by Crippen LogP contribution is -2.15. The van der Waals surface area contributed by atoms with E-state index >= 15 is 0 Å². The monoisotopic (exact) mass is 516 g/mol. The van der Waals surface area contributed by atoms with Crippen molar-refractivity contribution in [1.82, 2.24) is 4.98 Å². The average Bonchev–Trinajstić information content (AvgIpc) is 2.85. The molecule has 4 aromatic rings. The summed E-state index contributed by atoms with van der Waals surface area (Å²) in [6.45, 7) is 0. The number of nitrogens with one attached hydrogen (secondary N) is 1. The fourth-order valence-electron chi connectivity index (χ4n) is 3.52. The van der Waals surface area contributed by atoms with Crippen LogP contribution in [0.1, 0.15) is 11.1 Å². The van der Waals surface area contributed by atoms with Gasteiger partial charge in [0, 0.05) is 23.7 Å². The zero-order chi connectivity index (χ0) is 25.9. The molecule has 0 saturated carbocycles. The molecule has 1 heterocycles. The third-order valence-electron chi connectivity index (χ3n) is 5.30. The molecule has 0 aliphatic rings. The average molecular weight is 517 g/mol. The van der Waals surface area contributed by atoms with E-state index < -0.39 is 17.6 Å². The summed E-state index contributed by atoms with van der Waals surface area (Å²) >= 11 is 6.35. The van der Waals surface area contributed by atoms with E-state index in [2.05, 4.69) is 10.3 Å². The van der Waals surface area contributed by atoms with E-state index in [0.717, 1.165) is 12.1 Å². The van der Waals surface area contributed by atoms with Crippen LogP contribution >= 0.6 is 11.6 Å². The molecule has 1 aromatic heterocycles. The van der Waals surface area contributed by atoms with Gasteiger partial charge < -0.3 is 19.5 Å². The highest BCUT2D eigenvalue weighted by Crippen LogP contribution is 2.38. The molecular weight excluding hydrogens is 497 g/mol. The third-order valence-corrected chi connectivity index (χ3v) is 5.61. The van der Waals surface area contributed by atoms with Crippen LogP contribution in [-0.2, 0) is 17.4 Å². The Morgan fingerprint density at radius 3 is 2.28 bits per heavy atom. The minimum absolute atomic E-state index is 0.110. The van der Waals surface area contributed by atoms with Gasteiger partial charge >= 0.3 is 6.18 Å². The summed E-state index contributed by atoms with van der Waals surface area (Å²) in [4.78, 5) is 16.7. The van der Waals surface area contributed by atoms with Crippen molar-refractivity contribution in [3.8, 4) is 23.0 Å². The smallest absolute Gasteiger partial charge is 0.416 e. The lowest BCUT2D eigenvalue weighted by molar-refractivity contribution is -0.137. The topological polar surface area (TPSA) is 69.7 Å². The summed E-state index contributed by atoms with van der Waals surface area (Å²) in [5.41, 5.74) is 0.647. The first-order valence-electron chi connectivity index (χ1n) is 10.6. The number of fused-ring (bicyclic) bond motifs is 1. The number of methoxy groups -OCH3 is 2. The molecule has 6 nitrogen and oxygen atoms in total. The maximum atomic E-state index is 12.7. The minimum Gasteiger partial charge on any atom is -0.493 e. The van der Waals surface area contributed by atoms with Gasteiger partial charge in [0.05, 0.1) is 42.4 Å². The molecule has 0 aliphatic heterocycles.